The molecule has 0 aromatic carbocycles. The van der Waals surface area contributed by atoms with E-state index in [1.54, 1.807) is 4.90 Å². The fourth-order valence-corrected chi connectivity index (χ4v) is 3.05. The summed E-state index contributed by atoms with van der Waals surface area (Å²) < 4.78 is 5.43. The van der Waals surface area contributed by atoms with E-state index in [-0.39, 0.29) is 18.7 Å². The SMILES string of the molecule is CC(C)(C)OC(=O)N1CCC2CCC(CO)N2CC1. The zero-order chi connectivity index (χ0) is 14.0. The molecule has 2 heterocycles. The van der Waals surface area contributed by atoms with Gasteiger partial charge in [-0.05, 0) is 40.0 Å². The third-order valence-corrected chi connectivity index (χ3v) is 3.99. The van der Waals surface area contributed by atoms with Crippen LogP contribution in [0.1, 0.15) is 40.0 Å². The lowest BCUT2D eigenvalue weighted by atomic mass is 10.1. The Kier molecular flexibility index (Phi) is 4.36. The van der Waals surface area contributed by atoms with Crippen molar-refractivity contribution < 1.29 is 14.6 Å². The number of ether oxygens (including phenoxy) is 1. The maximum atomic E-state index is 12.1. The molecule has 0 radical (unpaired) electrons. The third kappa shape index (κ3) is 3.60. The number of nitrogens with zero attached hydrogens (tertiary/aromatic N) is 2. The zero-order valence-electron chi connectivity index (χ0n) is 12.3. The first kappa shape index (κ1) is 14.6. The van der Waals surface area contributed by atoms with Crippen LogP contribution in [0.5, 0.6) is 0 Å². The second kappa shape index (κ2) is 5.67. The van der Waals surface area contributed by atoms with Crippen LogP contribution in [-0.2, 0) is 4.74 Å². The highest BCUT2D eigenvalue weighted by Crippen LogP contribution is 2.28. The van der Waals surface area contributed by atoms with Crippen LogP contribution in [0.4, 0.5) is 4.79 Å². The third-order valence-electron chi connectivity index (χ3n) is 3.99. The van der Waals surface area contributed by atoms with Gasteiger partial charge in [0.15, 0.2) is 0 Å². The Hall–Kier alpha value is -0.810. The average molecular weight is 270 g/mol. The first-order valence-electron chi connectivity index (χ1n) is 7.25. The van der Waals surface area contributed by atoms with Gasteiger partial charge in [-0.3, -0.25) is 4.90 Å². The van der Waals surface area contributed by atoms with Crippen LogP contribution >= 0.6 is 0 Å². The Morgan fingerprint density at radius 1 is 1.21 bits per heavy atom. The van der Waals surface area contributed by atoms with Crippen LogP contribution in [0.15, 0.2) is 0 Å². The average Bonchev–Trinajstić information content (AvgIpc) is 2.57. The molecule has 2 fully saturated rings. The Bertz CT molecular complexity index is 327. The minimum absolute atomic E-state index is 0.214. The predicted molar refractivity (Wildman–Crippen MR) is 73.0 cm³/mol. The number of carbonyl (C=O) groups excluding carboxylic acids is 1. The van der Waals surface area contributed by atoms with E-state index in [1.807, 2.05) is 20.8 Å². The van der Waals surface area contributed by atoms with Crippen LogP contribution in [0.3, 0.4) is 0 Å². The summed E-state index contributed by atoms with van der Waals surface area (Å²) in [7, 11) is 0. The van der Waals surface area contributed by atoms with Gasteiger partial charge in [-0.25, -0.2) is 4.79 Å². The molecule has 1 N–H and O–H groups in total. The van der Waals surface area contributed by atoms with Crippen LogP contribution in [0.25, 0.3) is 0 Å². The molecule has 1 amide bonds. The van der Waals surface area contributed by atoms with E-state index in [0.717, 1.165) is 32.4 Å². The van der Waals surface area contributed by atoms with E-state index in [9.17, 15) is 9.90 Å². The van der Waals surface area contributed by atoms with E-state index < -0.39 is 5.60 Å². The van der Waals surface area contributed by atoms with Crippen molar-refractivity contribution in [3.63, 3.8) is 0 Å². The lowest BCUT2D eigenvalue weighted by Crippen LogP contribution is -2.41. The van der Waals surface area contributed by atoms with E-state index in [4.69, 9.17) is 4.74 Å². The Balaban J connectivity index is 1.92. The van der Waals surface area contributed by atoms with Crippen LogP contribution in [0.2, 0.25) is 0 Å². The summed E-state index contributed by atoms with van der Waals surface area (Å²) in [4.78, 5) is 16.2. The number of hydrogen-bond acceptors (Lipinski definition) is 4. The lowest BCUT2D eigenvalue weighted by molar-refractivity contribution is 0.0253. The summed E-state index contributed by atoms with van der Waals surface area (Å²) in [6.45, 7) is 8.20. The highest BCUT2D eigenvalue weighted by atomic mass is 16.6. The van der Waals surface area contributed by atoms with E-state index in [1.165, 1.54) is 0 Å². The number of carbonyl (C=O) groups is 1. The Morgan fingerprint density at radius 3 is 2.58 bits per heavy atom. The molecule has 0 bridgehead atoms. The summed E-state index contributed by atoms with van der Waals surface area (Å²) >= 11 is 0. The topological polar surface area (TPSA) is 53.0 Å². The Labute approximate surface area is 115 Å². The Morgan fingerprint density at radius 2 is 1.95 bits per heavy atom. The number of aliphatic hydroxyl groups is 1. The van der Waals surface area contributed by atoms with Gasteiger partial charge in [-0.15, -0.1) is 0 Å². The monoisotopic (exact) mass is 270 g/mol. The van der Waals surface area contributed by atoms with Gasteiger partial charge in [-0.2, -0.15) is 0 Å². The maximum absolute atomic E-state index is 12.1. The van der Waals surface area contributed by atoms with Crippen LogP contribution < -0.4 is 0 Å². The van der Waals surface area contributed by atoms with Gasteiger partial charge >= 0.3 is 6.09 Å². The number of rotatable bonds is 1. The molecule has 5 heteroatoms. The molecule has 5 nitrogen and oxygen atoms in total. The molecule has 0 aliphatic carbocycles. The molecular weight excluding hydrogens is 244 g/mol. The number of amides is 1. The van der Waals surface area contributed by atoms with Gasteiger partial charge in [0.1, 0.15) is 5.60 Å². The van der Waals surface area contributed by atoms with Crippen molar-refractivity contribution in [1.82, 2.24) is 9.80 Å². The molecule has 2 aliphatic heterocycles. The van der Waals surface area contributed by atoms with Gasteiger partial charge in [0.25, 0.3) is 0 Å². The second-order valence-electron chi connectivity index (χ2n) is 6.56. The predicted octanol–water partition coefficient (Wildman–Crippen LogP) is 1.45. The number of hydrogen-bond donors (Lipinski definition) is 1. The van der Waals surface area contributed by atoms with E-state index in [0.29, 0.717) is 12.6 Å². The summed E-state index contributed by atoms with van der Waals surface area (Å²) in [5.74, 6) is 0. The van der Waals surface area contributed by atoms with Gasteiger partial charge < -0.3 is 14.7 Å². The molecule has 0 saturated carbocycles. The van der Waals surface area contributed by atoms with Crippen molar-refractivity contribution in [2.45, 2.75) is 57.7 Å². The zero-order valence-corrected chi connectivity index (χ0v) is 12.3. The molecule has 2 atom stereocenters. The summed E-state index contributed by atoms with van der Waals surface area (Å²) in [5.41, 5.74) is -0.437. The number of fused-ring (bicyclic) bond motifs is 1. The summed E-state index contributed by atoms with van der Waals surface area (Å²) in [6, 6.07) is 0.799. The maximum Gasteiger partial charge on any atom is 0.410 e. The van der Waals surface area contributed by atoms with Crippen molar-refractivity contribution >= 4 is 6.09 Å². The van der Waals surface area contributed by atoms with Gasteiger partial charge in [0.05, 0.1) is 6.61 Å². The van der Waals surface area contributed by atoms with Crippen molar-refractivity contribution in [2.75, 3.05) is 26.2 Å². The molecule has 2 rings (SSSR count). The molecule has 2 aliphatic rings. The molecule has 2 unspecified atom stereocenters. The fourth-order valence-electron chi connectivity index (χ4n) is 3.05. The van der Waals surface area contributed by atoms with Gasteiger partial charge in [0.2, 0.25) is 0 Å². The highest BCUT2D eigenvalue weighted by molar-refractivity contribution is 5.68. The normalized spacial score (nSPS) is 28.9. The standard InChI is InChI=1S/C14H26N2O3/c1-14(2,3)19-13(18)15-7-6-11-4-5-12(10-17)16(11)9-8-15/h11-12,17H,4-10H2,1-3H3. The van der Waals surface area contributed by atoms with Crippen molar-refractivity contribution in [2.24, 2.45) is 0 Å². The molecule has 0 spiro atoms. The first-order chi connectivity index (χ1) is 8.90. The second-order valence-corrected chi connectivity index (χ2v) is 6.56. The summed E-state index contributed by atoms with van der Waals surface area (Å²) in [6.07, 6.45) is 2.98. The van der Waals surface area contributed by atoms with Crippen molar-refractivity contribution in [3.8, 4) is 0 Å². The highest BCUT2D eigenvalue weighted by Gasteiger charge is 2.36. The fraction of sp³-hybridized carbons (Fsp3) is 0.929. The van der Waals surface area contributed by atoms with Crippen LogP contribution in [0, 0.1) is 0 Å². The molecule has 110 valence electrons. The minimum atomic E-state index is -0.437. The largest absolute Gasteiger partial charge is 0.444 e. The van der Waals surface area contributed by atoms with Gasteiger partial charge in [-0.1, -0.05) is 0 Å². The first-order valence-corrected chi connectivity index (χ1v) is 7.25. The number of aliphatic hydroxyl groups excluding tert-OH is 1. The molecule has 0 aromatic rings. The minimum Gasteiger partial charge on any atom is -0.444 e. The van der Waals surface area contributed by atoms with Crippen molar-refractivity contribution in [3.05, 3.63) is 0 Å². The van der Waals surface area contributed by atoms with Gasteiger partial charge in [0, 0.05) is 31.7 Å². The molecular formula is C14H26N2O3. The molecule has 2 saturated heterocycles. The van der Waals surface area contributed by atoms with E-state index in [2.05, 4.69) is 4.90 Å². The summed E-state index contributed by atoms with van der Waals surface area (Å²) in [5, 5.41) is 9.38. The van der Waals surface area contributed by atoms with Crippen LogP contribution in [-0.4, -0.2) is 64.9 Å². The van der Waals surface area contributed by atoms with E-state index >= 15 is 0 Å². The van der Waals surface area contributed by atoms with Crippen molar-refractivity contribution in [1.29, 1.82) is 0 Å². The quantitative estimate of drug-likeness (QED) is 0.783. The smallest absolute Gasteiger partial charge is 0.410 e. The molecule has 19 heavy (non-hydrogen) atoms. The molecule has 0 aromatic heterocycles. The lowest BCUT2D eigenvalue weighted by Gasteiger charge is -2.27.